The van der Waals surface area contributed by atoms with Crippen molar-refractivity contribution in [2.24, 2.45) is 0 Å². The molecule has 0 aliphatic heterocycles. The van der Waals surface area contributed by atoms with Crippen molar-refractivity contribution in [1.82, 2.24) is 0 Å². The van der Waals surface area contributed by atoms with Crippen molar-refractivity contribution in [1.29, 1.82) is 0 Å². The Balaban J connectivity index is 1.22. The van der Waals surface area contributed by atoms with E-state index in [4.69, 9.17) is 4.42 Å². The van der Waals surface area contributed by atoms with E-state index in [2.05, 4.69) is 115 Å². The van der Waals surface area contributed by atoms with Gasteiger partial charge in [0.1, 0.15) is 11.2 Å². The van der Waals surface area contributed by atoms with Gasteiger partial charge in [-0.15, -0.1) is 0 Å². The summed E-state index contributed by atoms with van der Waals surface area (Å²) in [6.07, 6.45) is 0. The molecule has 0 aliphatic carbocycles. The molecule has 2 heteroatoms. The van der Waals surface area contributed by atoms with Crippen molar-refractivity contribution in [2.75, 3.05) is 5.32 Å². The zero-order chi connectivity index (χ0) is 22.2. The summed E-state index contributed by atoms with van der Waals surface area (Å²) in [5, 5.41) is 5.81. The molecular weight excluding hydrogens is 402 g/mol. The first-order chi connectivity index (χ1) is 16.2. The van der Waals surface area contributed by atoms with E-state index in [0.717, 1.165) is 33.3 Å². The maximum Gasteiger partial charge on any atom is 0.135 e. The van der Waals surface area contributed by atoms with E-state index in [9.17, 15) is 0 Å². The van der Waals surface area contributed by atoms with E-state index in [1.807, 2.05) is 12.1 Å². The Morgan fingerprint density at radius 3 is 1.67 bits per heavy atom. The first kappa shape index (κ1) is 19.4. The Morgan fingerprint density at radius 2 is 1.00 bits per heavy atom. The van der Waals surface area contributed by atoms with Crippen LogP contribution in [0, 0.1) is 6.92 Å². The smallest absolute Gasteiger partial charge is 0.135 e. The fraction of sp³-hybridized carbons (Fsp3) is 0.0323. The van der Waals surface area contributed by atoms with Crippen LogP contribution in [0.1, 0.15) is 5.56 Å². The molecule has 33 heavy (non-hydrogen) atoms. The monoisotopic (exact) mass is 425 g/mol. The Hall–Kier alpha value is -4.30. The van der Waals surface area contributed by atoms with Crippen LogP contribution in [0.3, 0.4) is 0 Å². The number of nitrogens with one attached hydrogen (secondary N) is 1. The second kappa shape index (κ2) is 7.99. The number of rotatable bonds is 4. The third kappa shape index (κ3) is 3.77. The molecule has 0 unspecified atom stereocenters. The van der Waals surface area contributed by atoms with Crippen molar-refractivity contribution in [3.05, 3.63) is 121 Å². The first-order valence-electron chi connectivity index (χ1n) is 11.2. The van der Waals surface area contributed by atoms with Crippen LogP contribution >= 0.6 is 0 Å². The lowest BCUT2D eigenvalue weighted by Gasteiger charge is -2.09. The van der Waals surface area contributed by atoms with Crippen LogP contribution in [-0.2, 0) is 0 Å². The predicted molar refractivity (Wildman–Crippen MR) is 139 cm³/mol. The zero-order valence-corrected chi connectivity index (χ0v) is 18.4. The van der Waals surface area contributed by atoms with E-state index in [1.165, 1.54) is 27.8 Å². The minimum Gasteiger partial charge on any atom is -0.456 e. The number of hydrogen-bond donors (Lipinski definition) is 1. The van der Waals surface area contributed by atoms with Gasteiger partial charge in [-0.1, -0.05) is 78.4 Å². The fourth-order valence-corrected chi connectivity index (χ4v) is 4.31. The van der Waals surface area contributed by atoms with Gasteiger partial charge in [-0.25, -0.2) is 0 Å². The van der Waals surface area contributed by atoms with Crippen molar-refractivity contribution in [3.8, 4) is 22.3 Å². The Labute approximate surface area is 193 Å². The van der Waals surface area contributed by atoms with Gasteiger partial charge < -0.3 is 9.73 Å². The lowest BCUT2D eigenvalue weighted by molar-refractivity contribution is 0.669. The molecule has 1 aromatic heterocycles. The van der Waals surface area contributed by atoms with Crippen molar-refractivity contribution < 1.29 is 4.42 Å². The number of benzene rings is 5. The minimum absolute atomic E-state index is 0.923. The summed E-state index contributed by atoms with van der Waals surface area (Å²) in [4.78, 5) is 0. The molecule has 0 fully saturated rings. The summed E-state index contributed by atoms with van der Waals surface area (Å²) >= 11 is 0. The molecule has 0 radical (unpaired) electrons. The molecule has 0 spiro atoms. The van der Waals surface area contributed by atoms with E-state index in [1.54, 1.807) is 0 Å². The van der Waals surface area contributed by atoms with E-state index in [-0.39, 0.29) is 0 Å². The van der Waals surface area contributed by atoms with Crippen molar-refractivity contribution >= 4 is 33.3 Å². The molecule has 158 valence electrons. The third-order valence-electron chi connectivity index (χ3n) is 6.15. The van der Waals surface area contributed by atoms with Gasteiger partial charge in [-0.05, 0) is 71.6 Å². The van der Waals surface area contributed by atoms with Crippen LogP contribution in [0.5, 0.6) is 0 Å². The summed E-state index contributed by atoms with van der Waals surface area (Å²) in [6.45, 7) is 2.11. The topological polar surface area (TPSA) is 25.2 Å². The zero-order valence-electron chi connectivity index (χ0n) is 18.4. The van der Waals surface area contributed by atoms with E-state index < -0.39 is 0 Å². The molecule has 0 bridgehead atoms. The first-order valence-corrected chi connectivity index (χ1v) is 11.2. The largest absolute Gasteiger partial charge is 0.456 e. The summed E-state index contributed by atoms with van der Waals surface area (Å²) in [6, 6.07) is 40.4. The van der Waals surface area contributed by atoms with E-state index >= 15 is 0 Å². The average Bonchev–Trinajstić information content (AvgIpc) is 3.24. The minimum atomic E-state index is 0.923. The molecule has 0 saturated carbocycles. The van der Waals surface area contributed by atoms with Gasteiger partial charge in [-0.2, -0.15) is 0 Å². The number of para-hydroxylation sites is 1. The SMILES string of the molecule is Cc1ccc(-c2ccc(Nc3ccc(-c4ccc5oc6ccccc6c5c4)cc3)cc2)cc1. The Morgan fingerprint density at radius 1 is 0.485 bits per heavy atom. The standard InChI is InChI=1S/C31H23NO/c1-21-6-8-22(9-7-21)23-10-15-26(16-11-23)32-27-17-12-24(13-18-27)25-14-19-31-29(20-25)28-4-2-3-5-30(28)33-31/h2-20,32H,1H3. The van der Waals surface area contributed by atoms with Crippen LogP contribution in [0.2, 0.25) is 0 Å². The molecule has 2 nitrogen and oxygen atoms in total. The van der Waals surface area contributed by atoms with Gasteiger partial charge in [0.15, 0.2) is 0 Å². The fourth-order valence-electron chi connectivity index (χ4n) is 4.31. The van der Waals surface area contributed by atoms with Crippen LogP contribution in [0.4, 0.5) is 11.4 Å². The van der Waals surface area contributed by atoms with Crippen molar-refractivity contribution in [2.45, 2.75) is 6.92 Å². The van der Waals surface area contributed by atoms with Gasteiger partial charge in [0, 0.05) is 22.1 Å². The lowest BCUT2D eigenvalue weighted by atomic mass is 10.0. The van der Waals surface area contributed by atoms with Crippen molar-refractivity contribution in [3.63, 3.8) is 0 Å². The molecule has 5 aromatic carbocycles. The number of furan rings is 1. The molecule has 6 rings (SSSR count). The quantitative estimate of drug-likeness (QED) is 0.305. The number of fused-ring (bicyclic) bond motifs is 3. The highest BCUT2D eigenvalue weighted by Gasteiger charge is 2.08. The highest BCUT2D eigenvalue weighted by Crippen LogP contribution is 2.33. The summed E-state index contributed by atoms with van der Waals surface area (Å²) in [5.41, 5.74) is 10.1. The van der Waals surface area contributed by atoms with Gasteiger partial charge >= 0.3 is 0 Å². The van der Waals surface area contributed by atoms with E-state index in [0.29, 0.717) is 0 Å². The molecule has 6 aromatic rings. The Kier molecular flexibility index (Phi) is 4.70. The molecule has 0 atom stereocenters. The molecular formula is C31H23NO. The maximum atomic E-state index is 5.96. The normalized spacial score (nSPS) is 11.2. The second-order valence-electron chi connectivity index (χ2n) is 8.45. The maximum absolute atomic E-state index is 5.96. The summed E-state index contributed by atoms with van der Waals surface area (Å²) in [5.74, 6) is 0. The van der Waals surface area contributed by atoms with Gasteiger partial charge in [0.05, 0.1) is 0 Å². The van der Waals surface area contributed by atoms with Crippen LogP contribution in [0.15, 0.2) is 120 Å². The molecule has 0 saturated heterocycles. The number of anilines is 2. The lowest BCUT2D eigenvalue weighted by Crippen LogP contribution is -1.90. The highest BCUT2D eigenvalue weighted by atomic mass is 16.3. The average molecular weight is 426 g/mol. The molecule has 0 aliphatic rings. The Bertz CT molecular complexity index is 1560. The van der Waals surface area contributed by atoms with Gasteiger partial charge in [-0.3, -0.25) is 0 Å². The number of hydrogen-bond acceptors (Lipinski definition) is 2. The van der Waals surface area contributed by atoms with Crippen LogP contribution < -0.4 is 5.32 Å². The summed E-state index contributed by atoms with van der Waals surface area (Å²) < 4.78 is 5.96. The molecule has 1 N–H and O–H groups in total. The second-order valence-corrected chi connectivity index (χ2v) is 8.45. The highest BCUT2D eigenvalue weighted by molar-refractivity contribution is 6.06. The predicted octanol–water partition coefficient (Wildman–Crippen LogP) is 8.97. The van der Waals surface area contributed by atoms with Gasteiger partial charge in [0.25, 0.3) is 0 Å². The number of aryl methyl sites for hydroxylation is 1. The third-order valence-corrected chi connectivity index (χ3v) is 6.15. The van der Waals surface area contributed by atoms with Crippen LogP contribution in [0.25, 0.3) is 44.2 Å². The van der Waals surface area contributed by atoms with Gasteiger partial charge in [0.2, 0.25) is 0 Å². The molecule has 0 amide bonds. The van der Waals surface area contributed by atoms with Crippen LogP contribution in [-0.4, -0.2) is 0 Å². The summed E-state index contributed by atoms with van der Waals surface area (Å²) in [7, 11) is 0. The molecule has 1 heterocycles.